The Morgan fingerprint density at radius 1 is 1.37 bits per heavy atom. The Kier molecular flexibility index (Phi) is 6.69. The number of carboxylic acid groups (broad SMARTS) is 1. The topological polar surface area (TPSA) is 78.8 Å². The van der Waals surface area contributed by atoms with Gasteiger partial charge in [0.15, 0.2) is 0 Å². The van der Waals surface area contributed by atoms with Gasteiger partial charge in [0.2, 0.25) is 6.41 Å². The number of nitrogens with one attached hydrogen (secondary N) is 1. The molecule has 0 rings (SSSR count). The third-order valence-electron chi connectivity index (χ3n) is 2.75. The highest BCUT2D eigenvalue weighted by Gasteiger charge is 2.33. The molecule has 112 valence electrons. The Morgan fingerprint density at radius 3 is 2.26 bits per heavy atom. The van der Waals surface area contributed by atoms with Gasteiger partial charge in [-0.15, -0.1) is 6.58 Å². The second-order valence-corrected chi connectivity index (χ2v) is 6.62. The summed E-state index contributed by atoms with van der Waals surface area (Å²) >= 11 is 0. The molecule has 0 saturated carbocycles. The second kappa shape index (κ2) is 7.03. The summed E-state index contributed by atoms with van der Waals surface area (Å²) in [5.74, 6) is -1.01. The van der Waals surface area contributed by atoms with E-state index in [0.29, 0.717) is 6.61 Å². The zero-order chi connectivity index (χ0) is 15.3. The molecule has 1 unspecified atom stereocenters. The van der Waals surface area contributed by atoms with Gasteiger partial charge >= 0.3 is 5.97 Å². The molecule has 3 N–H and O–H groups in total. The number of hydrogen-bond acceptors (Lipinski definition) is 4. The molecule has 0 radical (unpaired) electrons. The van der Waals surface area contributed by atoms with Gasteiger partial charge in [0, 0.05) is 0 Å². The van der Waals surface area contributed by atoms with Crippen LogP contribution in [0.25, 0.3) is 0 Å². The number of allylic oxidation sites excluding steroid dienone is 1. The normalized spacial score (nSPS) is 15.9. The summed E-state index contributed by atoms with van der Waals surface area (Å²) in [4.78, 5) is 11.1. The highest BCUT2D eigenvalue weighted by atomic mass is 16.6. The van der Waals surface area contributed by atoms with E-state index in [1.165, 1.54) is 0 Å². The highest BCUT2D eigenvalue weighted by Crippen LogP contribution is 2.22. The Hall–Kier alpha value is -0.910. The number of aliphatic carboxylic acids is 1. The van der Waals surface area contributed by atoms with Gasteiger partial charge in [0.05, 0.1) is 6.61 Å². The van der Waals surface area contributed by atoms with E-state index in [1.54, 1.807) is 26.8 Å². The number of rotatable bonds is 8. The molecule has 2 atom stereocenters. The second-order valence-electron chi connectivity index (χ2n) is 6.62. The molecule has 0 amide bonds. The first-order chi connectivity index (χ1) is 8.49. The molecule has 0 aromatic carbocycles. The van der Waals surface area contributed by atoms with Gasteiger partial charge in [-0.2, -0.15) is 0 Å². The summed E-state index contributed by atoms with van der Waals surface area (Å²) in [6.07, 6.45) is 1.24. The van der Waals surface area contributed by atoms with Crippen molar-refractivity contribution >= 4 is 5.97 Å². The average Bonchev–Trinajstić information content (AvgIpc) is 2.21. The van der Waals surface area contributed by atoms with Crippen molar-refractivity contribution in [2.45, 2.75) is 53.5 Å². The zero-order valence-corrected chi connectivity index (χ0v) is 12.6. The Balaban J connectivity index is 4.40. The quantitative estimate of drug-likeness (QED) is 0.465. The number of ether oxygens (including phenoxy) is 1. The lowest BCUT2D eigenvalue weighted by molar-refractivity contribution is -0.164. The van der Waals surface area contributed by atoms with E-state index in [4.69, 9.17) is 9.84 Å². The summed E-state index contributed by atoms with van der Waals surface area (Å²) in [6.45, 7) is 13.3. The minimum Gasteiger partial charge on any atom is -0.480 e. The predicted molar refractivity (Wildman–Crippen MR) is 74.6 cm³/mol. The summed E-state index contributed by atoms with van der Waals surface area (Å²) in [6, 6.07) is -0.884. The fraction of sp³-hybridized carbons (Fsp3) is 0.786. The molecule has 0 bridgehead atoms. The lowest BCUT2D eigenvalue weighted by Crippen LogP contribution is -2.52. The first-order valence-electron chi connectivity index (χ1n) is 6.39. The summed E-state index contributed by atoms with van der Waals surface area (Å²) in [7, 11) is 0. The first kappa shape index (κ1) is 18.1. The van der Waals surface area contributed by atoms with Crippen LogP contribution in [-0.2, 0) is 9.53 Å². The van der Waals surface area contributed by atoms with Crippen molar-refractivity contribution in [3.05, 3.63) is 12.7 Å². The molecule has 5 heteroatoms. The highest BCUT2D eigenvalue weighted by molar-refractivity contribution is 5.74. The van der Waals surface area contributed by atoms with E-state index < -0.39 is 23.8 Å². The van der Waals surface area contributed by atoms with E-state index in [-0.39, 0.29) is 5.41 Å². The van der Waals surface area contributed by atoms with E-state index in [0.717, 1.165) is 6.42 Å². The van der Waals surface area contributed by atoms with Crippen molar-refractivity contribution < 1.29 is 19.7 Å². The maximum absolute atomic E-state index is 11.1. The third kappa shape index (κ3) is 7.30. The number of aliphatic hydroxyl groups excluding tert-OH is 1. The average molecular weight is 273 g/mol. The number of carbonyl (C=O) groups is 1. The fourth-order valence-corrected chi connectivity index (χ4v) is 1.64. The molecular formula is C14H27NO4. The monoisotopic (exact) mass is 273 g/mol. The Bertz CT molecular complexity index is 307. The van der Waals surface area contributed by atoms with Gasteiger partial charge in [-0.1, -0.05) is 40.7 Å². The van der Waals surface area contributed by atoms with Crippen LogP contribution >= 0.6 is 0 Å². The molecule has 19 heavy (non-hydrogen) atoms. The van der Waals surface area contributed by atoms with E-state index >= 15 is 0 Å². The van der Waals surface area contributed by atoms with Crippen LogP contribution in [0.2, 0.25) is 0 Å². The smallest absolute Gasteiger partial charge is 0.321 e. The van der Waals surface area contributed by atoms with Crippen LogP contribution in [-0.4, -0.2) is 35.2 Å². The standard InChI is InChI=1S/C14H27NO4/c1-7-8-14(5,6)9-19-12(18)15-10(11(16)17)13(2,3)4/h7,10,12,15,18H,1,8-9H2,2-6H3,(H,16,17)/t10-,12?/m1/s1. The molecule has 0 heterocycles. The molecule has 5 nitrogen and oxygen atoms in total. The van der Waals surface area contributed by atoms with Gasteiger partial charge in [-0.05, 0) is 17.3 Å². The minimum absolute atomic E-state index is 0.148. The van der Waals surface area contributed by atoms with Crippen LogP contribution in [0.15, 0.2) is 12.7 Å². The van der Waals surface area contributed by atoms with E-state index in [1.807, 2.05) is 13.8 Å². The lowest BCUT2D eigenvalue weighted by Gasteiger charge is -2.31. The largest absolute Gasteiger partial charge is 0.480 e. The molecule has 0 aliphatic rings. The Labute approximate surface area is 115 Å². The van der Waals surface area contributed by atoms with Crippen LogP contribution in [0.5, 0.6) is 0 Å². The molecule has 0 spiro atoms. The van der Waals surface area contributed by atoms with Gasteiger partial charge in [0.25, 0.3) is 0 Å². The maximum atomic E-state index is 11.1. The summed E-state index contributed by atoms with van der Waals surface area (Å²) < 4.78 is 5.27. The van der Waals surface area contributed by atoms with Gasteiger partial charge in [-0.25, -0.2) is 0 Å². The van der Waals surface area contributed by atoms with Crippen molar-refractivity contribution in [1.29, 1.82) is 0 Å². The summed E-state index contributed by atoms with van der Waals surface area (Å²) in [5.41, 5.74) is -0.669. The van der Waals surface area contributed by atoms with E-state index in [9.17, 15) is 9.90 Å². The van der Waals surface area contributed by atoms with Crippen LogP contribution in [0, 0.1) is 10.8 Å². The van der Waals surface area contributed by atoms with E-state index in [2.05, 4.69) is 11.9 Å². The molecule has 0 fully saturated rings. The van der Waals surface area contributed by atoms with Crippen LogP contribution in [0.3, 0.4) is 0 Å². The van der Waals surface area contributed by atoms with Crippen molar-refractivity contribution in [2.24, 2.45) is 10.8 Å². The maximum Gasteiger partial charge on any atom is 0.321 e. The Morgan fingerprint density at radius 2 is 1.89 bits per heavy atom. The molecule has 0 aliphatic heterocycles. The van der Waals surface area contributed by atoms with Crippen molar-refractivity contribution in [1.82, 2.24) is 5.32 Å². The lowest BCUT2D eigenvalue weighted by atomic mass is 9.87. The number of hydrogen-bond donors (Lipinski definition) is 3. The molecule has 0 aromatic rings. The van der Waals surface area contributed by atoms with Crippen molar-refractivity contribution in [3.63, 3.8) is 0 Å². The zero-order valence-electron chi connectivity index (χ0n) is 12.6. The molecule has 0 aliphatic carbocycles. The molecule has 0 aromatic heterocycles. The third-order valence-corrected chi connectivity index (χ3v) is 2.75. The van der Waals surface area contributed by atoms with Gasteiger partial charge in [-0.3, -0.25) is 10.1 Å². The predicted octanol–water partition coefficient (Wildman–Crippen LogP) is 1.97. The van der Waals surface area contributed by atoms with Crippen molar-refractivity contribution in [2.75, 3.05) is 6.61 Å². The van der Waals surface area contributed by atoms with Gasteiger partial charge in [0.1, 0.15) is 6.04 Å². The van der Waals surface area contributed by atoms with Gasteiger partial charge < -0.3 is 14.9 Å². The summed E-state index contributed by atoms with van der Waals surface area (Å²) in [5, 5.41) is 21.4. The SMILES string of the molecule is C=CCC(C)(C)COC(O)N[C@H](C(=O)O)C(C)(C)C. The van der Waals surface area contributed by atoms with Crippen LogP contribution in [0.1, 0.15) is 41.0 Å². The molecule has 0 saturated heterocycles. The van der Waals surface area contributed by atoms with Crippen molar-refractivity contribution in [3.8, 4) is 0 Å². The van der Waals surface area contributed by atoms with Crippen LogP contribution in [0.4, 0.5) is 0 Å². The minimum atomic E-state index is -1.30. The number of carboxylic acids is 1. The molecular weight excluding hydrogens is 246 g/mol. The fourth-order valence-electron chi connectivity index (χ4n) is 1.64. The van der Waals surface area contributed by atoms with Crippen LogP contribution < -0.4 is 5.32 Å². The number of aliphatic hydroxyl groups is 1. The first-order valence-corrected chi connectivity index (χ1v) is 6.39.